The molecule has 0 amide bonds. The molecule has 2 aliphatic rings. The fourth-order valence-electron chi connectivity index (χ4n) is 3.30. The number of aromatic nitrogens is 2. The van der Waals surface area contributed by atoms with Gasteiger partial charge < -0.3 is 25.4 Å². The van der Waals surface area contributed by atoms with Crippen molar-refractivity contribution in [1.29, 1.82) is 0 Å². The van der Waals surface area contributed by atoms with Crippen LogP contribution in [0.3, 0.4) is 0 Å². The molecule has 3 heterocycles. The monoisotopic (exact) mass is 341 g/mol. The Hall–Kier alpha value is -2.70. The first-order valence-corrected chi connectivity index (χ1v) is 8.79. The first-order valence-electron chi connectivity index (χ1n) is 8.79. The minimum Gasteiger partial charge on any atom is -0.454 e. The smallest absolute Gasteiger partial charge is 0.231 e. The molecule has 1 saturated heterocycles. The first kappa shape index (κ1) is 15.8. The number of benzene rings is 1. The highest BCUT2D eigenvalue weighted by atomic mass is 16.7. The number of hydrogen-bond acceptors (Lipinski definition) is 7. The topological polar surface area (TPSA) is 85.5 Å². The van der Waals surface area contributed by atoms with Gasteiger partial charge in [0.05, 0.1) is 0 Å². The average molecular weight is 341 g/mol. The van der Waals surface area contributed by atoms with Crippen molar-refractivity contribution in [3.8, 4) is 11.5 Å². The number of fused-ring (bicyclic) bond motifs is 1. The molecule has 0 spiro atoms. The number of nitrogens with one attached hydrogen (secondary N) is 1. The molecule has 2 aromatic rings. The summed E-state index contributed by atoms with van der Waals surface area (Å²) < 4.78 is 10.8. The zero-order valence-electron chi connectivity index (χ0n) is 14.2. The minimum absolute atomic E-state index is 0.282. The quantitative estimate of drug-likeness (QED) is 0.884. The van der Waals surface area contributed by atoms with Crippen molar-refractivity contribution in [3.05, 3.63) is 30.1 Å². The lowest BCUT2D eigenvalue weighted by atomic mass is 10.2. The summed E-state index contributed by atoms with van der Waals surface area (Å²) >= 11 is 0. The van der Waals surface area contributed by atoms with Crippen LogP contribution in [0.25, 0.3) is 0 Å². The van der Waals surface area contributed by atoms with Crippen LogP contribution in [0.15, 0.2) is 24.5 Å². The standard InChI is InChI=1S/C18H23N5O2/c19-16-17(20-10-13-5-6-14-15(9-13)25-12-24-14)21-11-22-18(16)23-7-3-1-2-4-8-23/h5-6,9,11H,1-4,7-8,10,12,19H2,(H,20,21,22). The molecule has 0 bridgehead atoms. The van der Waals surface area contributed by atoms with Crippen LogP contribution in [0.5, 0.6) is 11.5 Å². The predicted octanol–water partition coefficient (Wildman–Crippen LogP) is 2.78. The second kappa shape index (κ2) is 7.04. The number of ether oxygens (including phenoxy) is 2. The summed E-state index contributed by atoms with van der Waals surface area (Å²) in [5, 5.41) is 3.32. The molecule has 25 heavy (non-hydrogen) atoms. The second-order valence-corrected chi connectivity index (χ2v) is 6.40. The third-order valence-corrected chi connectivity index (χ3v) is 4.67. The van der Waals surface area contributed by atoms with Gasteiger partial charge in [0.1, 0.15) is 12.0 Å². The third kappa shape index (κ3) is 3.40. The largest absolute Gasteiger partial charge is 0.454 e. The van der Waals surface area contributed by atoms with Gasteiger partial charge in [0.2, 0.25) is 6.79 Å². The van der Waals surface area contributed by atoms with Gasteiger partial charge in [-0.3, -0.25) is 0 Å². The first-order chi connectivity index (χ1) is 12.3. The summed E-state index contributed by atoms with van der Waals surface area (Å²) in [6.45, 7) is 2.90. The molecule has 1 aromatic heterocycles. The van der Waals surface area contributed by atoms with E-state index in [1.165, 1.54) is 25.7 Å². The molecular formula is C18H23N5O2. The van der Waals surface area contributed by atoms with Crippen LogP contribution in [0, 0.1) is 0 Å². The number of nitrogens with two attached hydrogens (primary N) is 1. The van der Waals surface area contributed by atoms with Gasteiger partial charge in [0.25, 0.3) is 0 Å². The zero-order chi connectivity index (χ0) is 17.1. The molecular weight excluding hydrogens is 318 g/mol. The Morgan fingerprint density at radius 3 is 2.68 bits per heavy atom. The van der Waals surface area contributed by atoms with Crippen molar-refractivity contribution in [3.63, 3.8) is 0 Å². The zero-order valence-corrected chi connectivity index (χ0v) is 14.2. The van der Waals surface area contributed by atoms with E-state index < -0.39 is 0 Å². The number of hydrogen-bond donors (Lipinski definition) is 2. The fraction of sp³-hybridized carbons (Fsp3) is 0.444. The highest BCUT2D eigenvalue weighted by molar-refractivity contribution is 5.75. The third-order valence-electron chi connectivity index (χ3n) is 4.67. The molecule has 0 atom stereocenters. The van der Waals surface area contributed by atoms with Crippen LogP contribution >= 0.6 is 0 Å². The van der Waals surface area contributed by atoms with Crippen molar-refractivity contribution in [1.82, 2.24) is 9.97 Å². The van der Waals surface area contributed by atoms with E-state index in [4.69, 9.17) is 15.2 Å². The highest BCUT2D eigenvalue weighted by Gasteiger charge is 2.17. The highest BCUT2D eigenvalue weighted by Crippen LogP contribution is 2.33. The van der Waals surface area contributed by atoms with E-state index in [0.717, 1.165) is 36.0 Å². The van der Waals surface area contributed by atoms with Crippen molar-refractivity contribution in [2.75, 3.05) is 35.8 Å². The van der Waals surface area contributed by atoms with Crippen molar-refractivity contribution < 1.29 is 9.47 Å². The Morgan fingerprint density at radius 2 is 1.84 bits per heavy atom. The van der Waals surface area contributed by atoms with Crippen LogP contribution < -0.4 is 25.4 Å². The maximum atomic E-state index is 6.35. The average Bonchev–Trinajstić information content (AvgIpc) is 2.93. The van der Waals surface area contributed by atoms with Gasteiger partial charge in [-0.05, 0) is 30.5 Å². The molecule has 7 heteroatoms. The Kier molecular flexibility index (Phi) is 4.45. The van der Waals surface area contributed by atoms with Crippen molar-refractivity contribution >= 4 is 17.3 Å². The molecule has 0 aliphatic carbocycles. The Bertz CT molecular complexity index is 744. The number of rotatable bonds is 4. The summed E-state index contributed by atoms with van der Waals surface area (Å²) in [7, 11) is 0. The number of nitrogen functional groups attached to an aromatic ring is 1. The second-order valence-electron chi connectivity index (χ2n) is 6.40. The maximum absolute atomic E-state index is 6.35. The SMILES string of the molecule is Nc1c(NCc2ccc3c(c2)OCO3)ncnc1N1CCCCCC1. The normalized spacial score (nSPS) is 16.6. The van der Waals surface area contributed by atoms with E-state index >= 15 is 0 Å². The van der Waals surface area contributed by atoms with Gasteiger partial charge in [-0.2, -0.15) is 0 Å². The number of anilines is 3. The maximum Gasteiger partial charge on any atom is 0.231 e. The summed E-state index contributed by atoms with van der Waals surface area (Å²) in [6.07, 6.45) is 6.50. The molecule has 4 rings (SSSR count). The minimum atomic E-state index is 0.282. The Balaban J connectivity index is 1.48. The van der Waals surface area contributed by atoms with Crippen LogP contribution in [0.1, 0.15) is 31.2 Å². The van der Waals surface area contributed by atoms with Crippen molar-refractivity contribution in [2.45, 2.75) is 32.2 Å². The molecule has 1 aromatic carbocycles. The van der Waals surface area contributed by atoms with Gasteiger partial charge in [-0.1, -0.05) is 18.9 Å². The van der Waals surface area contributed by atoms with E-state index in [-0.39, 0.29) is 6.79 Å². The molecule has 7 nitrogen and oxygen atoms in total. The van der Waals surface area contributed by atoms with Crippen LogP contribution in [-0.4, -0.2) is 29.9 Å². The molecule has 0 unspecified atom stereocenters. The molecule has 0 radical (unpaired) electrons. The summed E-state index contributed by atoms with van der Waals surface area (Å²) in [4.78, 5) is 11.0. The van der Waals surface area contributed by atoms with E-state index in [0.29, 0.717) is 18.1 Å². The summed E-state index contributed by atoms with van der Waals surface area (Å²) in [6, 6.07) is 5.90. The molecule has 132 valence electrons. The number of nitrogens with zero attached hydrogens (tertiary/aromatic N) is 3. The lowest BCUT2D eigenvalue weighted by molar-refractivity contribution is 0.174. The van der Waals surface area contributed by atoms with Crippen molar-refractivity contribution in [2.24, 2.45) is 0 Å². The van der Waals surface area contributed by atoms with E-state index in [1.54, 1.807) is 6.33 Å². The van der Waals surface area contributed by atoms with E-state index in [2.05, 4.69) is 20.2 Å². The van der Waals surface area contributed by atoms with Gasteiger partial charge in [0.15, 0.2) is 23.1 Å². The molecule has 3 N–H and O–H groups in total. The summed E-state index contributed by atoms with van der Waals surface area (Å²) in [5.74, 6) is 3.07. The van der Waals surface area contributed by atoms with Gasteiger partial charge >= 0.3 is 0 Å². The predicted molar refractivity (Wildman–Crippen MR) is 97.0 cm³/mol. The Labute approximate surface area is 147 Å². The van der Waals surface area contributed by atoms with Crippen LogP contribution in [0.4, 0.5) is 17.3 Å². The lowest BCUT2D eigenvalue weighted by Crippen LogP contribution is -2.26. The van der Waals surface area contributed by atoms with Crippen LogP contribution in [0.2, 0.25) is 0 Å². The van der Waals surface area contributed by atoms with Gasteiger partial charge in [-0.25, -0.2) is 9.97 Å². The van der Waals surface area contributed by atoms with E-state index in [1.807, 2.05) is 18.2 Å². The van der Waals surface area contributed by atoms with E-state index in [9.17, 15) is 0 Å². The molecule has 0 saturated carbocycles. The Morgan fingerprint density at radius 1 is 1.04 bits per heavy atom. The summed E-state index contributed by atoms with van der Waals surface area (Å²) in [5.41, 5.74) is 8.04. The van der Waals surface area contributed by atoms with Crippen LogP contribution in [-0.2, 0) is 6.54 Å². The van der Waals surface area contributed by atoms with Gasteiger partial charge in [-0.15, -0.1) is 0 Å². The van der Waals surface area contributed by atoms with Gasteiger partial charge in [0, 0.05) is 19.6 Å². The fourth-order valence-corrected chi connectivity index (χ4v) is 3.30. The molecule has 1 fully saturated rings. The molecule has 2 aliphatic heterocycles. The lowest BCUT2D eigenvalue weighted by Gasteiger charge is -2.23.